The van der Waals surface area contributed by atoms with Crippen LogP contribution in [-0.2, 0) is 6.42 Å². The summed E-state index contributed by atoms with van der Waals surface area (Å²) in [7, 11) is 3.72. The predicted octanol–water partition coefficient (Wildman–Crippen LogP) is 3.14. The van der Waals surface area contributed by atoms with E-state index in [1.807, 2.05) is 54.4 Å². The zero-order valence-electron chi connectivity index (χ0n) is 15.8. The molecule has 0 aliphatic rings. The molecule has 3 aromatic rings. The number of rotatable bonds is 6. The lowest BCUT2D eigenvalue weighted by Gasteiger charge is -2.21. The molecule has 27 heavy (non-hydrogen) atoms. The Morgan fingerprint density at radius 3 is 2.41 bits per heavy atom. The molecule has 3 rings (SSSR count). The fourth-order valence-electron chi connectivity index (χ4n) is 2.76. The molecular weight excluding hydrogens is 338 g/mol. The molecule has 0 aliphatic heterocycles. The Balaban J connectivity index is 1.76. The summed E-state index contributed by atoms with van der Waals surface area (Å²) >= 11 is 0. The van der Waals surface area contributed by atoms with Gasteiger partial charge >= 0.3 is 0 Å². The topological polar surface area (TPSA) is 62.2 Å². The second kappa shape index (κ2) is 8.40. The number of carbonyl (C=O) groups excluding carboxylic acids is 1. The van der Waals surface area contributed by atoms with Crippen LogP contribution in [0.2, 0.25) is 0 Å². The van der Waals surface area contributed by atoms with Crippen molar-refractivity contribution in [1.82, 2.24) is 15.0 Å². The Morgan fingerprint density at radius 2 is 1.70 bits per heavy atom. The molecule has 1 amide bonds. The van der Waals surface area contributed by atoms with Gasteiger partial charge in [-0.3, -0.25) is 9.78 Å². The van der Waals surface area contributed by atoms with Crippen molar-refractivity contribution in [3.05, 3.63) is 78.0 Å². The van der Waals surface area contributed by atoms with Crippen LogP contribution in [0.1, 0.15) is 21.9 Å². The maximum Gasteiger partial charge on any atom is 0.276 e. The molecule has 0 fully saturated rings. The lowest BCUT2D eigenvalue weighted by Crippen LogP contribution is -2.28. The largest absolute Gasteiger partial charge is 0.359 e. The Bertz CT molecular complexity index is 899. The van der Waals surface area contributed by atoms with Gasteiger partial charge in [-0.05, 0) is 43.2 Å². The van der Waals surface area contributed by atoms with Crippen molar-refractivity contribution in [3.8, 4) is 0 Å². The summed E-state index contributed by atoms with van der Waals surface area (Å²) in [6, 6.07) is 15.3. The van der Waals surface area contributed by atoms with E-state index in [0.717, 1.165) is 24.5 Å². The number of carbonyl (C=O) groups is 1. The van der Waals surface area contributed by atoms with Crippen molar-refractivity contribution < 1.29 is 4.79 Å². The smallest absolute Gasteiger partial charge is 0.276 e. The van der Waals surface area contributed by atoms with E-state index in [9.17, 15) is 4.79 Å². The number of pyridine rings is 1. The second-order valence-electron chi connectivity index (χ2n) is 6.39. The molecule has 6 heteroatoms. The number of likely N-dealkylation sites (N-methyl/N-ethyl adjacent to an activating group) is 1. The van der Waals surface area contributed by atoms with Crippen molar-refractivity contribution in [2.24, 2.45) is 0 Å². The van der Waals surface area contributed by atoms with Crippen LogP contribution in [0.25, 0.3) is 0 Å². The quantitative estimate of drug-likeness (QED) is 0.675. The first-order valence-electron chi connectivity index (χ1n) is 8.83. The van der Waals surface area contributed by atoms with E-state index in [-0.39, 0.29) is 5.91 Å². The van der Waals surface area contributed by atoms with Crippen molar-refractivity contribution in [3.63, 3.8) is 0 Å². The van der Waals surface area contributed by atoms with Gasteiger partial charge in [0.05, 0.1) is 0 Å². The van der Waals surface area contributed by atoms with Gasteiger partial charge in [-0.2, -0.15) is 0 Å². The highest BCUT2D eigenvalue weighted by Gasteiger charge is 2.17. The second-order valence-corrected chi connectivity index (χ2v) is 6.39. The lowest BCUT2D eigenvalue weighted by molar-refractivity contribution is 0.0988. The minimum atomic E-state index is -0.157. The molecule has 2 aromatic heterocycles. The van der Waals surface area contributed by atoms with Crippen LogP contribution >= 0.6 is 0 Å². The van der Waals surface area contributed by atoms with Crippen molar-refractivity contribution >= 4 is 17.4 Å². The highest BCUT2D eigenvalue weighted by Crippen LogP contribution is 2.17. The SMILES string of the molecule is Cc1nc(C(=O)N(C)c2ccccc2)cc(N(C)CCc2ccncc2)n1. The number of amides is 1. The summed E-state index contributed by atoms with van der Waals surface area (Å²) in [5.41, 5.74) is 2.42. The first-order valence-corrected chi connectivity index (χ1v) is 8.83. The minimum Gasteiger partial charge on any atom is -0.359 e. The monoisotopic (exact) mass is 361 g/mol. The molecule has 1 aromatic carbocycles. The van der Waals surface area contributed by atoms with Gasteiger partial charge in [0.15, 0.2) is 0 Å². The lowest BCUT2D eigenvalue weighted by atomic mass is 10.2. The van der Waals surface area contributed by atoms with Gasteiger partial charge in [-0.25, -0.2) is 9.97 Å². The van der Waals surface area contributed by atoms with Crippen LogP contribution < -0.4 is 9.80 Å². The molecule has 138 valence electrons. The molecule has 0 unspecified atom stereocenters. The maximum absolute atomic E-state index is 12.9. The third-order valence-corrected chi connectivity index (χ3v) is 4.37. The summed E-state index contributed by atoms with van der Waals surface area (Å²) in [4.78, 5) is 29.4. The Hall–Kier alpha value is -3.28. The average Bonchev–Trinajstić information content (AvgIpc) is 2.71. The highest BCUT2D eigenvalue weighted by atomic mass is 16.2. The summed E-state index contributed by atoms with van der Waals surface area (Å²) in [6.07, 6.45) is 4.45. The summed E-state index contributed by atoms with van der Waals surface area (Å²) in [5, 5.41) is 0. The fourth-order valence-corrected chi connectivity index (χ4v) is 2.76. The molecule has 0 saturated carbocycles. The van der Waals surface area contributed by atoms with Crippen LogP contribution in [0, 0.1) is 6.92 Å². The molecule has 0 bridgehead atoms. The van der Waals surface area contributed by atoms with Crippen molar-refractivity contribution in [1.29, 1.82) is 0 Å². The van der Waals surface area contributed by atoms with Crippen molar-refractivity contribution in [2.45, 2.75) is 13.3 Å². The molecule has 0 saturated heterocycles. The highest BCUT2D eigenvalue weighted by molar-refractivity contribution is 6.04. The summed E-state index contributed by atoms with van der Waals surface area (Å²) in [6.45, 7) is 2.59. The molecule has 0 N–H and O–H groups in total. The van der Waals surface area contributed by atoms with E-state index in [1.54, 1.807) is 37.3 Å². The minimum absolute atomic E-state index is 0.157. The molecule has 0 aliphatic carbocycles. The number of hydrogen-bond donors (Lipinski definition) is 0. The van der Waals surface area contributed by atoms with Crippen LogP contribution in [0.15, 0.2) is 60.9 Å². The van der Waals surface area contributed by atoms with Crippen LogP contribution in [0.3, 0.4) is 0 Å². The number of benzene rings is 1. The fraction of sp³-hybridized carbons (Fsp3) is 0.238. The molecular formula is C21H23N5O. The van der Waals surface area contributed by atoms with E-state index in [1.165, 1.54) is 5.56 Å². The van der Waals surface area contributed by atoms with Crippen LogP contribution in [0.4, 0.5) is 11.5 Å². The first-order chi connectivity index (χ1) is 13.0. The van der Waals surface area contributed by atoms with Gasteiger partial charge in [-0.15, -0.1) is 0 Å². The van der Waals surface area contributed by atoms with Gasteiger partial charge in [0.2, 0.25) is 0 Å². The van der Waals surface area contributed by atoms with E-state index >= 15 is 0 Å². The molecule has 0 spiro atoms. The Kier molecular flexibility index (Phi) is 5.76. The molecule has 0 radical (unpaired) electrons. The number of aryl methyl sites for hydroxylation is 1. The third-order valence-electron chi connectivity index (χ3n) is 4.37. The third kappa shape index (κ3) is 4.67. The van der Waals surface area contributed by atoms with Crippen LogP contribution in [-0.4, -0.2) is 41.5 Å². The normalized spacial score (nSPS) is 10.5. The predicted molar refractivity (Wildman–Crippen MR) is 107 cm³/mol. The summed E-state index contributed by atoms with van der Waals surface area (Å²) < 4.78 is 0. The van der Waals surface area contributed by atoms with Gasteiger partial charge < -0.3 is 9.80 Å². The number of para-hydroxylation sites is 1. The van der Waals surface area contributed by atoms with Gasteiger partial charge in [-0.1, -0.05) is 18.2 Å². The summed E-state index contributed by atoms with van der Waals surface area (Å²) in [5.74, 6) is 1.16. The molecule has 2 heterocycles. The average molecular weight is 361 g/mol. The van der Waals surface area contributed by atoms with Gasteiger partial charge in [0.25, 0.3) is 5.91 Å². The number of hydrogen-bond acceptors (Lipinski definition) is 5. The molecule has 6 nitrogen and oxygen atoms in total. The zero-order chi connectivity index (χ0) is 19.2. The molecule has 0 atom stereocenters. The van der Waals surface area contributed by atoms with E-state index < -0.39 is 0 Å². The number of aromatic nitrogens is 3. The van der Waals surface area contributed by atoms with E-state index in [0.29, 0.717) is 11.5 Å². The van der Waals surface area contributed by atoms with E-state index in [2.05, 4.69) is 15.0 Å². The number of anilines is 2. The van der Waals surface area contributed by atoms with E-state index in [4.69, 9.17) is 0 Å². The maximum atomic E-state index is 12.9. The Morgan fingerprint density at radius 1 is 1.00 bits per heavy atom. The standard InChI is InChI=1S/C21H23N5O/c1-16-23-19(21(27)26(3)18-7-5-4-6-8-18)15-20(24-16)25(2)14-11-17-9-12-22-13-10-17/h4-10,12-13,15H,11,14H2,1-3H3. The Labute approximate surface area is 159 Å². The van der Waals surface area contributed by atoms with Gasteiger partial charge in [0, 0.05) is 44.8 Å². The number of nitrogens with zero attached hydrogens (tertiary/aromatic N) is 5. The van der Waals surface area contributed by atoms with Crippen LogP contribution in [0.5, 0.6) is 0 Å². The van der Waals surface area contributed by atoms with Crippen molar-refractivity contribution in [2.75, 3.05) is 30.4 Å². The zero-order valence-corrected chi connectivity index (χ0v) is 15.8. The van der Waals surface area contributed by atoms with Gasteiger partial charge in [0.1, 0.15) is 17.3 Å². The first kappa shape index (κ1) is 18.5.